The van der Waals surface area contributed by atoms with Crippen LogP contribution in [0.1, 0.15) is 28.4 Å². The van der Waals surface area contributed by atoms with E-state index in [-0.39, 0.29) is 53.1 Å². The lowest BCUT2D eigenvalue weighted by atomic mass is 9.83. The van der Waals surface area contributed by atoms with Crippen molar-refractivity contribution in [1.29, 1.82) is 0 Å². The number of anilines is 1. The first-order valence-electron chi connectivity index (χ1n) is 12.3. The topological polar surface area (TPSA) is 73.8 Å². The number of aliphatic hydroxyl groups excluding tert-OH is 1. The predicted octanol–water partition coefficient (Wildman–Crippen LogP) is 4.69. The molecule has 3 aromatic rings. The highest BCUT2D eigenvalue weighted by Crippen LogP contribution is 2.52. The minimum absolute atomic E-state index is 0. The van der Waals surface area contributed by atoms with E-state index in [1.807, 2.05) is 30.3 Å². The van der Waals surface area contributed by atoms with Crippen LogP contribution in [-0.4, -0.2) is 50.4 Å². The number of nitrogens with one attached hydrogen (secondary N) is 2. The zero-order valence-electron chi connectivity index (χ0n) is 20.8. The van der Waals surface area contributed by atoms with Crippen molar-refractivity contribution >= 4 is 35.6 Å². The van der Waals surface area contributed by atoms with Gasteiger partial charge in [0.2, 0.25) is 0 Å². The van der Waals surface area contributed by atoms with Gasteiger partial charge in [0, 0.05) is 49.4 Å². The minimum Gasteiger partial charge on any atom is -0.488 e. The average molecular weight is 564 g/mol. The number of nitrogens with zero attached hydrogens (tertiary/aromatic N) is 1. The monoisotopic (exact) mass is 563 g/mol. The summed E-state index contributed by atoms with van der Waals surface area (Å²) in [4.78, 5) is 15.2. The lowest BCUT2D eigenvalue weighted by molar-refractivity contribution is 0.0956. The van der Waals surface area contributed by atoms with Crippen molar-refractivity contribution in [3.8, 4) is 16.9 Å². The van der Waals surface area contributed by atoms with Crippen LogP contribution in [0.3, 0.4) is 0 Å². The molecule has 0 aliphatic carbocycles. The fourth-order valence-electron chi connectivity index (χ4n) is 5.55. The van der Waals surface area contributed by atoms with Crippen molar-refractivity contribution in [3.63, 3.8) is 0 Å². The molecule has 0 spiro atoms. The Hall–Kier alpha value is -2.91. The van der Waals surface area contributed by atoms with Gasteiger partial charge in [-0.1, -0.05) is 41.9 Å². The zero-order valence-corrected chi connectivity index (χ0v) is 22.4. The van der Waals surface area contributed by atoms with E-state index in [1.54, 1.807) is 6.92 Å². The molecule has 0 radical (unpaired) electrons. The Bertz CT molecular complexity index is 1340. The Labute approximate surface area is 231 Å². The molecule has 202 valence electrons. The molecule has 1 atom stereocenters. The SMILES string of the molecule is CCNC(=O)c1ccc(OCCO)c(F)c1-c1c(Cl)c(F)cc2c1CC1(c3ccccc3)CNCCN21.Cl. The van der Waals surface area contributed by atoms with Gasteiger partial charge in [-0.25, -0.2) is 8.78 Å². The molecule has 1 unspecified atom stereocenters. The van der Waals surface area contributed by atoms with E-state index < -0.39 is 23.1 Å². The first-order valence-corrected chi connectivity index (χ1v) is 12.7. The van der Waals surface area contributed by atoms with Crippen LogP contribution >= 0.6 is 24.0 Å². The van der Waals surface area contributed by atoms with Crippen molar-refractivity contribution in [1.82, 2.24) is 10.6 Å². The summed E-state index contributed by atoms with van der Waals surface area (Å²) in [5.41, 5.74) is 1.88. The molecule has 1 fully saturated rings. The van der Waals surface area contributed by atoms with Gasteiger partial charge in [0.05, 0.1) is 22.7 Å². The van der Waals surface area contributed by atoms with Crippen LogP contribution in [0.5, 0.6) is 5.75 Å². The number of hydrogen-bond acceptors (Lipinski definition) is 5. The molecule has 6 nitrogen and oxygen atoms in total. The number of benzene rings is 3. The maximum atomic E-state index is 16.1. The molecule has 3 N–H and O–H groups in total. The largest absolute Gasteiger partial charge is 0.488 e. The number of rotatable bonds is 7. The van der Waals surface area contributed by atoms with Crippen molar-refractivity contribution in [2.75, 3.05) is 44.3 Å². The zero-order chi connectivity index (χ0) is 26.2. The number of amides is 1. The molecule has 10 heteroatoms. The van der Waals surface area contributed by atoms with Crippen LogP contribution in [0.4, 0.5) is 14.5 Å². The lowest BCUT2D eigenvalue weighted by Gasteiger charge is -2.45. The van der Waals surface area contributed by atoms with Gasteiger partial charge < -0.3 is 25.4 Å². The third-order valence-electron chi connectivity index (χ3n) is 7.11. The number of piperazine rings is 1. The molecule has 1 saturated heterocycles. The molecule has 1 amide bonds. The predicted molar refractivity (Wildman–Crippen MR) is 147 cm³/mol. The molecular weight excluding hydrogens is 535 g/mol. The Balaban J connectivity index is 0.00000336. The summed E-state index contributed by atoms with van der Waals surface area (Å²) in [6.45, 7) is 3.56. The molecule has 38 heavy (non-hydrogen) atoms. The van der Waals surface area contributed by atoms with Gasteiger partial charge in [0.1, 0.15) is 12.4 Å². The number of halogens is 4. The average Bonchev–Trinajstić information content (AvgIpc) is 3.24. The summed E-state index contributed by atoms with van der Waals surface area (Å²) in [6, 6.07) is 14.1. The third-order valence-corrected chi connectivity index (χ3v) is 7.48. The summed E-state index contributed by atoms with van der Waals surface area (Å²) in [6.07, 6.45) is 0.435. The van der Waals surface area contributed by atoms with Gasteiger partial charge in [0.25, 0.3) is 5.91 Å². The van der Waals surface area contributed by atoms with Gasteiger partial charge in [-0.05, 0) is 36.2 Å². The third kappa shape index (κ3) is 4.60. The molecule has 0 aromatic heterocycles. The Morgan fingerprint density at radius 2 is 1.97 bits per heavy atom. The second-order valence-electron chi connectivity index (χ2n) is 9.18. The van der Waals surface area contributed by atoms with Gasteiger partial charge in [-0.2, -0.15) is 0 Å². The number of hydrogen-bond donors (Lipinski definition) is 3. The van der Waals surface area contributed by atoms with Crippen LogP contribution in [0.2, 0.25) is 5.02 Å². The normalized spacial score (nSPS) is 17.9. The number of carbonyl (C=O) groups is 1. The van der Waals surface area contributed by atoms with E-state index in [9.17, 15) is 9.90 Å². The molecule has 5 rings (SSSR count). The number of fused-ring (bicyclic) bond motifs is 3. The van der Waals surface area contributed by atoms with E-state index in [4.69, 9.17) is 16.3 Å². The lowest BCUT2D eigenvalue weighted by Crippen LogP contribution is -2.57. The standard InChI is InChI=1S/C28H28ClF2N3O3.ClH/c1-2-33-27(36)18-8-9-22(37-13-12-35)26(31)24(18)23-19-15-28(17-6-4-3-5-7-17)16-32-10-11-34(28)21(19)14-20(30)25(23)29;/h3-9,14,32,35H,2,10-13,15-16H2,1H3,(H,33,36);1H. The van der Waals surface area contributed by atoms with Gasteiger partial charge >= 0.3 is 0 Å². The van der Waals surface area contributed by atoms with E-state index in [0.29, 0.717) is 43.9 Å². The maximum absolute atomic E-state index is 16.1. The van der Waals surface area contributed by atoms with Crippen molar-refractivity contribution in [2.24, 2.45) is 0 Å². The molecule has 2 aliphatic heterocycles. The van der Waals surface area contributed by atoms with E-state index in [0.717, 1.165) is 5.56 Å². The first kappa shape index (κ1) is 28.1. The maximum Gasteiger partial charge on any atom is 0.252 e. The summed E-state index contributed by atoms with van der Waals surface area (Å²) in [5.74, 6) is -2.18. The molecule has 2 aliphatic rings. The fourth-order valence-corrected chi connectivity index (χ4v) is 5.81. The Morgan fingerprint density at radius 1 is 1.21 bits per heavy atom. The number of aliphatic hydroxyl groups is 1. The fraction of sp³-hybridized carbons (Fsp3) is 0.321. The molecular formula is C28H29Cl2F2N3O3. The quantitative estimate of drug-likeness (QED) is 0.389. The first-order chi connectivity index (χ1) is 17.9. The van der Waals surface area contributed by atoms with E-state index >= 15 is 8.78 Å². The van der Waals surface area contributed by atoms with E-state index in [2.05, 4.69) is 15.5 Å². The number of ether oxygens (including phenoxy) is 1. The smallest absolute Gasteiger partial charge is 0.252 e. The molecule has 0 saturated carbocycles. The van der Waals surface area contributed by atoms with Crippen molar-refractivity contribution in [2.45, 2.75) is 18.9 Å². The molecule has 2 heterocycles. The van der Waals surface area contributed by atoms with Crippen molar-refractivity contribution < 1.29 is 23.4 Å². The summed E-state index contributed by atoms with van der Waals surface area (Å²) in [7, 11) is 0. The molecule has 0 bridgehead atoms. The summed E-state index contributed by atoms with van der Waals surface area (Å²) >= 11 is 6.59. The highest BCUT2D eigenvalue weighted by molar-refractivity contribution is 6.34. The van der Waals surface area contributed by atoms with Gasteiger partial charge in [-0.15, -0.1) is 12.4 Å². The van der Waals surface area contributed by atoms with Crippen LogP contribution < -0.4 is 20.3 Å². The highest BCUT2D eigenvalue weighted by Gasteiger charge is 2.48. The van der Waals surface area contributed by atoms with E-state index in [1.165, 1.54) is 18.2 Å². The number of carbonyl (C=O) groups excluding carboxylic acids is 1. The van der Waals surface area contributed by atoms with Crippen LogP contribution in [0.15, 0.2) is 48.5 Å². The Morgan fingerprint density at radius 3 is 2.68 bits per heavy atom. The second kappa shape index (κ2) is 11.5. The van der Waals surface area contributed by atoms with Crippen LogP contribution in [0.25, 0.3) is 11.1 Å². The van der Waals surface area contributed by atoms with Gasteiger partial charge in [-0.3, -0.25) is 4.79 Å². The molecule has 3 aromatic carbocycles. The summed E-state index contributed by atoms with van der Waals surface area (Å²) in [5, 5.41) is 15.1. The van der Waals surface area contributed by atoms with Crippen LogP contribution in [-0.2, 0) is 12.0 Å². The van der Waals surface area contributed by atoms with Gasteiger partial charge in [0.15, 0.2) is 11.6 Å². The van der Waals surface area contributed by atoms with Crippen LogP contribution in [0, 0.1) is 11.6 Å². The summed E-state index contributed by atoms with van der Waals surface area (Å²) < 4.78 is 37.0. The minimum atomic E-state index is -0.830. The highest BCUT2D eigenvalue weighted by atomic mass is 35.5. The second-order valence-corrected chi connectivity index (χ2v) is 9.56. The Kier molecular flexibility index (Phi) is 8.47. The van der Waals surface area contributed by atoms with Crippen molar-refractivity contribution in [3.05, 3.63) is 81.9 Å².